The number of fused-ring (bicyclic) bond motifs is 1. The molecule has 0 saturated carbocycles. The minimum absolute atomic E-state index is 0.220. The zero-order valence-electron chi connectivity index (χ0n) is 7.38. The van der Waals surface area contributed by atoms with Gasteiger partial charge >= 0.3 is 0 Å². The Kier molecular flexibility index (Phi) is 3.19. The van der Waals surface area contributed by atoms with Crippen molar-refractivity contribution in [1.82, 2.24) is 9.32 Å². The van der Waals surface area contributed by atoms with Crippen molar-refractivity contribution in [3.05, 3.63) is 24.5 Å². The maximum Gasteiger partial charge on any atom is 0.144 e. The second-order valence-electron chi connectivity index (χ2n) is 2.80. The third kappa shape index (κ3) is 1.85. The summed E-state index contributed by atoms with van der Waals surface area (Å²) in [5.41, 5.74) is 0.945. The minimum Gasteiger partial charge on any atom is -0.506 e. The van der Waals surface area contributed by atoms with Crippen LogP contribution in [0.5, 0.6) is 5.75 Å². The van der Waals surface area contributed by atoms with E-state index < -0.39 is 0 Å². The Bertz CT molecular complexity index is 462. The third-order valence-corrected chi connectivity index (χ3v) is 9.28. The van der Waals surface area contributed by atoms with E-state index in [0.29, 0.717) is 0 Å². The van der Waals surface area contributed by atoms with Gasteiger partial charge < -0.3 is 9.44 Å². The van der Waals surface area contributed by atoms with Crippen molar-refractivity contribution in [2.45, 2.75) is 0 Å². The summed E-state index contributed by atoms with van der Waals surface area (Å²) >= 11 is 2.30. The lowest BCUT2D eigenvalue weighted by molar-refractivity contribution is 0.474. The Hall–Kier alpha value is 0.000000000000000222. The maximum atomic E-state index is 9.26. The van der Waals surface area contributed by atoms with Gasteiger partial charge in [-0.15, -0.1) is 0 Å². The van der Waals surface area contributed by atoms with Crippen LogP contribution in [0.1, 0.15) is 0 Å². The fourth-order valence-electron chi connectivity index (χ4n) is 1.26. The number of hydrogen-bond acceptors (Lipinski definition) is 3. The van der Waals surface area contributed by atoms with E-state index in [1.54, 1.807) is 14.6 Å². The van der Waals surface area contributed by atoms with Gasteiger partial charge in [0.15, 0.2) is 0 Å². The summed E-state index contributed by atoms with van der Waals surface area (Å²) in [6.45, 7) is 2.18. The molecule has 0 fully saturated rings. The van der Waals surface area contributed by atoms with Crippen LogP contribution in [0, 0.1) is 0 Å². The molecule has 6 heteroatoms. The van der Waals surface area contributed by atoms with Gasteiger partial charge in [-0.3, -0.25) is 0 Å². The molecule has 0 aliphatic carbocycles. The van der Waals surface area contributed by atoms with Crippen LogP contribution in [0.25, 0.3) is 11.0 Å². The molecule has 2 aromatic rings. The van der Waals surface area contributed by atoms with E-state index in [4.69, 9.17) is 0 Å². The summed E-state index contributed by atoms with van der Waals surface area (Å²) in [6, 6.07) is 3.72. The Morgan fingerprint density at radius 2 is 2.43 bits per heavy atom. The van der Waals surface area contributed by atoms with Crippen LogP contribution in [0.3, 0.4) is 0 Å². The highest BCUT2D eigenvalue weighted by Gasteiger charge is 2.08. The second kappa shape index (κ2) is 4.24. The van der Waals surface area contributed by atoms with E-state index in [2.05, 4.69) is 37.2 Å². The molecule has 0 aromatic carbocycles. The fourth-order valence-corrected chi connectivity index (χ4v) is 4.32. The number of nitrogens with zero attached hydrogens (tertiary/aromatic N) is 2. The summed E-state index contributed by atoms with van der Waals surface area (Å²) in [5.74, 6) is 0.220. The zero-order valence-corrected chi connectivity index (χ0v) is 11.3. The van der Waals surface area contributed by atoms with E-state index in [1.807, 2.05) is 12.3 Å². The smallest absolute Gasteiger partial charge is 0.144 e. The van der Waals surface area contributed by atoms with Crippen molar-refractivity contribution in [3.63, 3.8) is 0 Å². The van der Waals surface area contributed by atoms with E-state index in [1.165, 1.54) is 6.20 Å². The van der Waals surface area contributed by atoms with Gasteiger partial charge in [0.05, 0.1) is 13.5 Å². The topological polar surface area (TPSA) is 38.0 Å². The Labute approximate surface area is 99.0 Å². The number of aromatic hydroxyl groups is 1. The van der Waals surface area contributed by atoms with Crippen LogP contribution in [-0.2, 0) is 0 Å². The Morgan fingerprint density at radius 1 is 1.64 bits per heavy atom. The first kappa shape index (κ1) is 10.5. The average molecular weight is 338 g/mol. The molecule has 0 saturated heterocycles. The van der Waals surface area contributed by atoms with Gasteiger partial charge in [0.1, 0.15) is 11.4 Å². The number of rotatable bonds is 2. The maximum absolute atomic E-state index is 9.26. The molecular formula is C8H8IN2OPS. The molecule has 2 aromatic heterocycles. The van der Waals surface area contributed by atoms with Crippen LogP contribution < -0.4 is 0 Å². The lowest BCUT2D eigenvalue weighted by atomic mass is 10.3. The molecular weight excluding hydrogens is 330 g/mol. The highest BCUT2D eigenvalue weighted by atomic mass is 127. The summed E-state index contributed by atoms with van der Waals surface area (Å²) in [7, 11) is 1.53. The van der Waals surface area contributed by atoms with Gasteiger partial charge in [0.2, 0.25) is 0 Å². The fraction of sp³-hybridized carbons (Fsp3) is 0.125. The SMILES string of the molecule is CP(SI)n1ccc2cc(O)cnc21. The predicted molar refractivity (Wildman–Crippen MR) is 71.3 cm³/mol. The minimum atomic E-state index is -0.270. The van der Waals surface area contributed by atoms with Gasteiger partial charge in [-0.25, -0.2) is 4.98 Å². The molecule has 0 aliphatic rings. The molecule has 2 heterocycles. The average Bonchev–Trinajstić information content (AvgIpc) is 2.59. The summed E-state index contributed by atoms with van der Waals surface area (Å²) < 4.78 is 2.15. The largest absolute Gasteiger partial charge is 0.506 e. The van der Waals surface area contributed by atoms with Crippen LogP contribution in [0.2, 0.25) is 0 Å². The first-order valence-electron chi connectivity index (χ1n) is 3.91. The first-order valence-corrected chi connectivity index (χ1v) is 9.62. The number of aromatic nitrogens is 2. The van der Waals surface area contributed by atoms with Crippen molar-refractivity contribution < 1.29 is 5.11 Å². The highest BCUT2D eigenvalue weighted by molar-refractivity contribution is 14.2. The first-order chi connectivity index (χ1) is 6.72. The monoisotopic (exact) mass is 338 g/mol. The van der Waals surface area contributed by atoms with Gasteiger partial charge in [-0.05, 0) is 27.4 Å². The van der Waals surface area contributed by atoms with E-state index in [-0.39, 0.29) is 13.0 Å². The van der Waals surface area contributed by atoms with Crippen molar-refractivity contribution >= 4 is 48.1 Å². The van der Waals surface area contributed by atoms with Crippen molar-refractivity contribution in [1.29, 1.82) is 0 Å². The molecule has 0 spiro atoms. The molecule has 1 N–H and O–H groups in total. The van der Waals surface area contributed by atoms with Gasteiger partial charge in [0.25, 0.3) is 0 Å². The molecule has 3 nitrogen and oxygen atoms in total. The van der Waals surface area contributed by atoms with E-state index in [0.717, 1.165) is 11.0 Å². The highest BCUT2D eigenvalue weighted by Crippen LogP contribution is 2.53. The lowest BCUT2D eigenvalue weighted by Crippen LogP contribution is -1.86. The summed E-state index contributed by atoms with van der Waals surface area (Å²) in [5, 5.41) is 10.3. The standard InChI is InChI=1S/C8H8IN2OPS/c1-13(14-9)11-3-2-6-4-7(12)5-10-8(6)11/h2-5,12H,1H3. The predicted octanol–water partition coefficient (Wildman–Crippen LogP) is 3.61. The van der Waals surface area contributed by atoms with Crippen molar-refractivity contribution in [2.75, 3.05) is 6.66 Å². The Morgan fingerprint density at radius 3 is 3.14 bits per heavy atom. The second-order valence-corrected chi connectivity index (χ2v) is 9.84. The number of pyridine rings is 1. The van der Waals surface area contributed by atoms with Crippen LogP contribution >= 0.6 is 37.0 Å². The van der Waals surface area contributed by atoms with Gasteiger partial charge in [-0.1, -0.05) is 0 Å². The summed E-state index contributed by atoms with van der Waals surface area (Å²) in [4.78, 5) is 4.22. The van der Waals surface area contributed by atoms with Gasteiger partial charge in [-0.2, -0.15) is 0 Å². The molecule has 2 rings (SSSR count). The van der Waals surface area contributed by atoms with E-state index >= 15 is 0 Å². The third-order valence-electron chi connectivity index (χ3n) is 1.90. The van der Waals surface area contributed by atoms with Crippen molar-refractivity contribution in [2.24, 2.45) is 0 Å². The number of halogens is 1. The molecule has 74 valence electrons. The molecule has 1 unspecified atom stereocenters. The molecule has 0 bridgehead atoms. The van der Waals surface area contributed by atoms with E-state index in [9.17, 15) is 5.11 Å². The molecule has 0 aliphatic heterocycles. The van der Waals surface area contributed by atoms with Crippen LogP contribution in [-0.4, -0.2) is 21.1 Å². The normalized spacial score (nSPS) is 13.3. The van der Waals surface area contributed by atoms with Crippen molar-refractivity contribution in [3.8, 4) is 5.75 Å². The number of hydrogen-bond donors (Lipinski definition) is 1. The molecule has 1 atom stereocenters. The van der Waals surface area contributed by atoms with Crippen LogP contribution in [0.15, 0.2) is 24.5 Å². The Balaban J connectivity index is 2.58. The van der Waals surface area contributed by atoms with Crippen LogP contribution in [0.4, 0.5) is 0 Å². The molecule has 0 radical (unpaired) electrons. The zero-order chi connectivity index (χ0) is 10.1. The van der Waals surface area contributed by atoms with Gasteiger partial charge in [0, 0.05) is 32.8 Å². The molecule has 0 amide bonds. The quantitative estimate of drug-likeness (QED) is 0.672. The molecule has 14 heavy (non-hydrogen) atoms. The lowest BCUT2D eigenvalue weighted by Gasteiger charge is -2.09. The summed E-state index contributed by atoms with van der Waals surface area (Å²) in [6.07, 6.45) is 3.51.